The maximum absolute atomic E-state index is 6.04. The molecule has 1 fully saturated rings. The van der Waals surface area contributed by atoms with Gasteiger partial charge in [0.25, 0.3) is 0 Å². The normalized spacial score (nSPS) is 18.6. The Morgan fingerprint density at radius 2 is 2.19 bits per heavy atom. The molecule has 0 radical (unpaired) electrons. The number of benzene rings is 1. The summed E-state index contributed by atoms with van der Waals surface area (Å²) in [4.78, 5) is 4.42. The van der Waals surface area contributed by atoms with E-state index in [4.69, 9.17) is 5.73 Å². The second kappa shape index (κ2) is 3.23. The lowest BCUT2D eigenvalue weighted by atomic mass is 9.78. The third-order valence-corrected chi connectivity index (χ3v) is 4.11. The molecule has 1 aromatic carbocycles. The van der Waals surface area contributed by atoms with Gasteiger partial charge in [-0.1, -0.05) is 15.9 Å². The van der Waals surface area contributed by atoms with Gasteiger partial charge in [0.15, 0.2) is 0 Å². The summed E-state index contributed by atoms with van der Waals surface area (Å²) in [7, 11) is 0. The summed E-state index contributed by atoms with van der Waals surface area (Å²) in [6.07, 6.45) is 3.66. The van der Waals surface area contributed by atoms with E-state index in [1.54, 1.807) is 0 Å². The van der Waals surface area contributed by atoms with Gasteiger partial charge in [-0.15, -0.1) is 0 Å². The zero-order valence-electron chi connectivity index (χ0n) is 9.20. The number of nitrogens with zero attached hydrogens (tertiary/aromatic N) is 2. The van der Waals surface area contributed by atoms with Crippen LogP contribution in [0.15, 0.2) is 22.7 Å². The Labute approximate surface area is 103 Å². The van der Waals surface area contributed by atoms with E-state index in [1.165, 1.54) is 19.3 Å². The van der Waals surface area contributed by atoms with Crippen molar-refractivity contribution in [1.29, 1.82) is 0 Å². The first-order valence-electron chi connectivity index (χ1n) is 5.54. The molecular formula is C12H14BrN3. The number of hydrogen-bond donors (Lipinski definition) is 1. The minimum absolute atomic E-state index is 0.166. The molecule has 0 amide bonds. The monoisotopic (exact) mass is 279 g/mol. The highest BCUT2D eigenvalue weighted by Crippen LogP contribution is 2.42. The smallest absolute Gasteiger partial charge is 0.201 e. The minimum atomic E-state index is 0.166. The molecule has 3 nitrogen and oxygen atoms in total. The molecular weight excluding hydrogens is 266 g/mol. The molecule has 1 heterocycles. The Bertz CT molecular complexity index is 555. The predicted molar refractivity (Wildman–Crippen MR) is 69.3 cm³/mol. The summed E-state index contributed by atoms with van der Waals surface area (Å²) in [5.74, 6) is 0.635. The Balaban J connectivity index is 2.29. The summed E-state index contributed by atoms with van der Waals surface area (Å²) < 4.78 is 3.26. The highest BCUT2D eigenvalue weighted by atomic mass is 79.9. The Hall–Kier alpha value is -1.03. The summed E-state index contributed by atoms with van der Waals surface area (Å²) in [5.41, 5.74) is 8.32. The first kappa shape index (κ1) is 10.1. The van der Waals surface area contributed by atoms with Crippen LogP contribution >= 0.6 is 15.9 Å². The molecule has 1 aromatic heterocycles. The summed E-state index contributed by atoms with van der Waals surface area (Å²) in [5, 5.41) is 0. The van der Waals surface area contributed by atoms with Crippen molar-refractivity contribution in [3.63, 3.8) is 0 Å². The van der Waals surface area contributed by atoms with Gasteiger partial charge >= 0.3 is 0 Å². The lowest BCUT2D eigenvalue weighted by Crippen LogP contribution is -2.37. The molecule has 0 saturated heterocycles. The number of fused-ring (bicyclic) bond motifs is 1. The highest BCUT2D eigenvalue weighted by Gasteiger charge is 2.36. The van der Waals surface area contributed by atoms with Crippen LogP contribution < -0.4 is 5.73 Å². The first-order chi connectivity index (χ1) is 7.60. The number of halogens is 1. The molecule has 1 saturated carbocycles. The standard InChI is InChI=1S/C12H14BrN3/c1-12(5-2-6-12)16-10-7-8(13)3-4-9(10)15-11(16)14/h3-4,7H,2,5-6H2,1H3,(H2,14,15). The van der Waals surface area contributed by atoms with Gasteiger partial charge in [-0.05, 0) is 44.4 Å². The van der Waals surface area contributed by atoms with E-state index >= 15 is 0 Å². The van der Waals surface area contributed by atoms with Gasteiger partial charge in [-0.2, -0.15) is 0 Å². The number of hydrogen-bond acceptors (Lipinski definition) is 2. The van der Waals surface area contributed by atoms with Gasteiger partial charge in [-0.3, -0.25) is 0 Å². The van der Waals surface area contributed by atoms with E-state index in [0.717, 1.165) is 15.5 Å². The zero-order chi connectivity index (χ0) is 11.3. The van der Waals surface area contributed by atoms with Crippen LogP contribution in [0.2, 0.25) is 0 Å². The van der Waals surface area contributed by atoms with Crippen LogP contribution in [0.5, 0.6) is 0 Å². The predicted octanol–water partition coefficient (Wildman–Crippen LogP) is 3.28. The average Bonchev–Trinajstić information content (AvgIpc) is 2.50. The fraction of sp³-hybridized carbons (Fsp3) is 0.417. The molecule has 16 heavy (non-hydrogen) atoms. The number of anilines is 1. The maximum Gasteiger partial charge on any atom is 0.201 e. The summed E-state index contributed by atoms with van der Waals surface area (Å²) >= 11 is 3.50. The second-order valence-corrected chi connectivity index (χ2v) is 5.70. The minimum Gasteiger partial charge on any atom is -0.369 e. The zero-order valence-corrected chi connectivity index (χ0v) is 10.8. The molecule has 0 spiro atoms. The van der Waals surface area contributed by atoms with Crippen molar-refractivity contribution >= 4 is 32.9 Å². The summed E-state index contributed by atoms with van der Waals surface area (Å²) in [6.45, 7) is 2.26. The molecule has 1 aliphatic rings. The van der Waals surface area contributed by atoms with Gasteiger partial charge in [0.05, 0.1) is 11.0 Å². The molecule has 2 N–H and O–H groups in total. The third-order valence-electron chi connectivity index (χ3n) is 3.61. The molecule has 0 aliphatic heterocycles. The van der Waals surface area contributed by atoms with Crippen LogP contribution in [0, 0.1) is 0 Å². The van der Waals surface area contributed by atoms with Crippen LogP contribution in [0.25, 0.3) is 11.0 Å². The molecule has 0 bridgehead atoms. The fourth-order valence-electron chi connectivity index (χ4n) is 2.55. The Morgan fingerprint density at radius 1 is 1.44 bits per heavy atom. The lowest BCUT2D eigenvalue weighted by molar-refractivity contribution is 0.177. The van der Waals surface area contributed by atoms with Gasteiger partial charge < -0.3 is 10.3 Å². The molecule has 84 valence electrons. The number of nitrogen functional groups attached to an aromatic ring is 1. The third kappa shape index (κ3) is 1.29. The number of imidazole rings is 1. The van der Waals surface area contributed by atoms with E-state index < -0.39 is 0 Å². The van der Waals surface area contributed by atoms with Crippen LogP contribution in [0.3, 0.4) is 0 Å². The lowest BCUT2D eigenvalue weighted by Gasteiger charge is -2.40. The number of nitrogens with two attached hydrogens (primary N) is 1. The Morgan fingerprint density at radius 3 is 2.81 bits per heavy atom. The van der Waals surface area contributed by atoms with E-state index in [0.29, 0.717) is 5.95 Å². The maximum atomic E-state index is 6.04. The van der Waals surface area contributed by atoms with Crippen LogP contribution in [0.1, 0.15) is 26.2 Å². The molecule has 1 aliphatic carbocycles. The van der Waals surface area contributed by atoms with Gasteiger partial charge in [-0.25, -0.2) is 4.98 Å². The van der Waals surface area contributed by atoms with Crippen LogP contribution in [-0.4, -0.2) is 9.55 Å². The van der Waals surface area contributed by atoms with E-state index in [2.05, 4.69) is 38.5 Å². The number of rotatable bonds is 1. The molecule has 0 atom stereocenters. The highest BCUT2D eigenvalue weighted by molar-refractivity contribution is 9.10. The van der Waals surface area contributed by atoms with Crippen molar-refractivity contribution in [3.8, 4) is 0 Å². The van der Waals surface area contributed by atoms with Crippen molar-refractivity contribution in [3.05, 3.63) is 22.7 Å². The summed E-state index contributed by atoms with van der Waals surface area (Å²) in [6, 6.07) is 6.11. The second-order valence-electron chi connectivity index (χ2n) is 4.79. The molecule has 2 aromatic rings. The fourth-order valence-corrected chi connectivity index (χ4v) is 2.90. The van der Waals surface area contributed by atoms with Gasteiger partial charge in [0.2, 0.25) is 5.95 Å². The Kier molecular flexibility index (Phi) is 2.05. The topological polar surface area (TPSA) is 43.8 Å². The molecule has 3 rings (SSSR count). The van der Waals surface area contributed by atoms with Crippen LogP contribution in [-0.2, 0) is 5.54 Å². The average molecular weight is 280 g/mol. The quantitative estimate of drug-likeness (QED) is 0.871. The van der Waals surface area contributed by atoms with Crippen molar-refractivity contribution in [2.24, 2.45) is 0 Å². The SMILES string of the molecule is CC1(n2c(N)nc3ccc(Br)cc32)CCC1. The van der Waals surface area contributed by atoms with Gasteiger partial charge in [0, 0.05) is 10.0 Å². The van der Waals surface area contributed by atoms with E-state index in [-0.39, 0.29) is 5.54 Å². The van der Waals surface area contributed by atoms with Crippen molar-refractivity contribution in [2.75, 3.05) is 5.73 Å². The van der Waals surface area contributed by atoms with Crippen molar-refractivity contribution in [2.45, 2.75) is 31.7 Å². The van der Waals surface area contributed by atoms with Crippen LogP contribution in [0.4, 0.5) is 5.95 Å². The molecule has 4 heteroatoms. The largest absolute Gasteiger partial charge is 0.369 e. The van der Waals surface area contributed by atoms with Gasteiger partial charge in [0.1, 0.15) is 0 Å². The van der Waals surface area contributed by atoms with E-state index in [9.17, 15) is 0 Å². The van der Waals surface area contributed by atoms with Crippen molar-refractivity contribution in [1.82, 2.24) is 9.55 Å². The van der Waals surface area contributed by atoms with Crippen molar-refractivity contribution < 1.29 is 0 Å². The molecule has 0 unspecified atom stereocenters. The first-order valence-corrected chi connectivity index (χ1v) is 6.33. The van der Waals surface area contributed by atoms with E-state index in [1.807, 2.05) is 12.1 Å². The number of aromatic nitrogens is 2.